The van der Waals surface area contributed by atoms with E-state index in [1.807, 2.05) is 48.5 Å². The second kappa shape index (κ2) is 15.3. The highest BCUT2D eigenvalue weighted by atomic mass is 127. The lowest BCUT2D eigenvalue weighted by Crippen LogP contribution is -2.12. The number of rotatable bonds is 6. The largest absolute Gasteiger partial charge is 0.507 e. The van der Waals surface area contributed by atoms with Crippen LogP contribution in [0.2, 0.25) is 0 Å². The van der Waals surface area contributed by atoms with Gasteiger partial charge < -0.3 is 9.84 Å². The minimum atomic E-state index is -0.269. The van der Waals surface area contributed by atoms with Crippen molar-refractivity contribution in [2.75, 3.05) is 0 Å². The number of ketones is 1. The van der Waals surface area contributed by atoms with Gasteiger partial charge in [-0.1, -0.05) is 69.8 Å². The van der Waals surface area contributed by atoms with Crippen molar-refractivity contribution in [2.45, 2.75) is 12.8 Å². The summed E-state index contributed by atoms with van der Waals surface area (Å²) in [4.78, 5) is 24.1. The Kier molecular flexibility index (Phi) is 12.7. The van der Waals surface area contributed by atoms with Gasteiger partial charge in [0.05, 0.1) is 12.0 Å². The zero-order valence-corrected chi connectivity index (χ0v) is 30.0. The van der Waals surface area contributed by atoms with Gasteiger partial charge >= 0.3 is 5.97 Å². The SMILES string of the molecule is O=C(Cc1cc(Br)ccc1I)Oc1cccc(Br)c1.O=C(Cc1cc(Br)ccc1I)c1ccc(Br)cc1O. The average Bonchev–Trinajstić information content (AvgIpc) is 2.84. The highest BCUT2D eigenvalue weighted by molar-refractivity contribution is 14.1. The number of hydrogen-bond acceptors (Lipinski definition) is 4. The van der Waals surface area contributed by atoms with Gasteiger partial charge in [0.25, 0.3) is 0 Å². The lowest BCUT2D eigenvalue weighted by Gasteiger charge is -2.07. The molecule has 10 heteroatoms. The highest BCUT2D eigenvalue weighted by Gasteiger charge is 2.14. The maximum Gasteiger partial charge on any atom is 0.315 e. The monoisotopic (exact) mass is 988 g/mol. The molecule has 0 aromatic heterocycles. The fourth-order valence-electron chi connectivity index (χ4n) is 3.22. The first-order valence-electron chi connectivity index (χ1n) is 10.9. The summed E-state index contributed by atoms with van der Waals surface area (Å²) in [5, 5.41) is 9.80. The van der Waals surface area contributed by atoms with Crippen molar-refractivity contribution < 1.29 is 19.4 Å². The maximum absolute atomic E-state index is 12.2. The molecule has 0 fully saturated rings. The summed E-state index contributed by atoms with van der Waals surface area (Å²) in [5.41, 5.74) is 2.25. The number of aromatic hydroxyl groups is 1. The van der Waals surface area contributed by atoms with Crippen LogP contribution in [0, 0.1) is 7.14 Å². The molecule has 0 amide bonds. The van der Waals surface area contributed by atoms with Gasteiger partial charge in [-0.05, 0) is 129 Å². The van der Waals surface area contributed by atoms with Crippen molar-refractivity contribution in [3.8, 4) is 11.5 Å². The molecule has 4 aromatic rings. The molecule has 4 rings (SSSR count). The van der Waals surface area contributed by atoms with Crippen LogP contribution in [0.5, 0.6) is 11.5 Å². The van der Waals surface area contributed by atoms with Crippen LogP contribution in [-0.4, -0.2) is 16.9 Å². The molecule has 196 valence electrons. The van der Waals surface area contributed by atoms with Crippen molar-refractivity contribution in [3.63, 3.8) is 0 Å². The number of carbonyl (C=O) groups is 2. The van der Waals surface area contributed by atoms with Crippen molar-refractivity contribution in [2.24, 2.45) is 0 Å². The second-order valence-corrected chi connectivity index (χ2v) is 13.8. The quantitative estimate of drug-likeness (QED) is 0.0905. The Balaban J connectivity index is 0.000000211. The standard InChI is InChI=1S/2C14H9Br2IO2/c15-9-2-4-12(17)8(5-9)6-13(18)11-3-1-10(16)7-14(11)19;15-10-2-1-3-12(8-10)19-14(18)7-9-6-11(16)4-5-13(9)17/h1-5,7,19H,6H2;1-6,8H,7H2. The number of phenols is 1. The van der Waals surface area contributed by atoms with Crippen LogP contribution in [-0.2, 0) is 17.6 Å². The first kappa shape index (κ1) is 31.7. The molecule has 0 aliphatic carbocycles. The van der Waals surface area contributed by atoms with Gasteiger partial charge in [0.1, 0.15) is 11.5 Å². The Morgan fingerprint density at radius 3 is 1.79 bits per heavy atom. The Hall–Kier alpha value is -0.800. The number of esters is 1. The van der Waals surface area contributed by atoms with Crippen LogP contribution < -0.4 is 4.74 Å². The van der Waals surface area contributed by atoms with Gasteiger partial charge in [0.2, 0.25) is 0 Å². The minimum Gasteiger partial charge on any atom is -0.507 e. The van der Waals surface area contributed by atoms with Crippen LogP contribution in [0.15, 0.2) is 96.8 Å². The summed E-state index contributed by atoms with van der Waals surface area (Å²) in [6.07, 6.45) is 0.525. The number of carbonyl (C=O) groups excluding carboxylic acids is 2. The molecule has 0 aliphatic rings. The number of ether oxygens (including phenoxy) is 1. The van der Waals surface area contributed by atoms with E-state index in [1.165, 1.54) is 6.07 Å². The maximum atomic E-state index is 12.2. The molecule has 0 saturated heterocycles. The third kappa shape index (κ3) is 9.99. The van der Waals surface area contributed by atoms with E-state index in [9.17, 15) is 14.7 Å². The summed E-state index contributed by atoms with van der Waals surface area (Å²) in [5.74, 6) is 0.184. The number of halogens is 6. The molecule has 0 heterocycles. The molecule has 1 N–H and O–H groups in total. The zero-order valence-electron chi connectivity index (χ0n) is 19.4. The topological polar surface area (TPSA) is 63.6 Å². The lowest BCUT2D eigenvalue weighted by molar-refractivity contribution is -0.133. The van der Waals surface area contributed by atoms with E-state index in [-0.39, 0.29) is 30.3 Å². The van der Waals surface area contributed by atoms with E-state index in [0.717, 1.165) is 36.2 Å². The molecule has 0 atom stereocenters. The van der Waals surface area contributed by atoms with E-state index < -0.39 is 0 Å². The second-order valence-electron chi connectivity index (χ2n) is 7.84. The highest BCUT2D eigenvalue weighted by Crippen LogP contribution is 2.26. The minimum absolute atomic E-state index is 0.00406. The van der Waals surface area contributed by atoms with Crippen molar-refractivity contribution in [1.82, 2.24) is 0 Å². The zero-order chi connectivity index (χ0) is 27.8. The summed E-state index contributed by atoms with van der Waals surface area (Å²) < 4.78 is 10.9. The van der Waals surface area contributed by atoms with E-state index in [1.54, 1.807) is 24.3 Å². The Bertz CT molecular complexity index is 1480. The molecule has 0 spiro atoms. The predicted molar refractivity (Wildman–Crippen MR) is 181 cm³/mol. The van der Waals surface area contributed by atoms with Gasteiger partial charge in [-0.3, -0.25) is 9.59 Å². The third-order valence-corrected chi connectivity index (χ3v) is 9.07. The van der Waals surface area contributed by atoms with E-state index in [0.29, 0.717) is 11.3 Å². The van der Waals surface area contributed by atoms with Gasteiger partial charge in [-0.2, -0.15) is 0 Å². The van der Waals surface area contributed by atoms with E-state index in [2.05, 4.69) is 109 Å². The first-order chi connectivity index (χ1) is 18.0. The fourth-order valence-corrected chi connectivity index (χ4v) is 5.82. The fraction of sp³-hybridized carbons (Fsp3) is 0.0714. The van der Waals surface area contributed by atoms with E-state index >= 15 is 0 Å². The van der Waals surface area contributed by atoms with Crippen molar-refractivity contribution in [1.29, 1.82) is 0 Å². The summed E-state index contributed by atoms with van der Waals surface area (Å²) >= 11 is 17.8. The molecule has 4 aromatic carbocycles. The normalized spacial score (nSPS) is 10.4. The molecule has 0 unspecified atom stereocenters. The predicted octanol–water partition coefficient (Wildman–Crippen LogP) is 9.91. The van der Waals surface area contributed by atoms with Gasteiger partial charge in [0, 0.05) is 31.5 Å². The average molecular weight is 992 g/mol. The third-order valence-electron chi connectivity index (χ3n) is 4.99. The van der Waals surface area contributed by atoms with Crippen LogP contribution in [0.1, 0.15) is 21.5 Å². The molecule has 0 saturated carbocycles. The molecule has 0 radical (unpaired) electrons. The molecule has 0 aliphatic heterocycles. The summed E-state index contributed by atoms with van der Waals surface area (Å²) in [6, 6.07) is 23.8. The summed E-state index contributed by atoms with van der Waals surface area (Å²) in [6.45, 7) is 0. The van der Waals surface area contributed by atoms with Gasteiger partial charge in [-0.25, -0.2) is 0 Å². The number of hydrogen-bond donors (Lipinski definition) is 1. The lowest BCUT2D eigenvalue weighted by atomic mass is 10.0. The number of phenolic OH excluding ortho intramolecular Hbond substituents is 1. The van der Waals surface area contributed by atoms with Crippen LogP contribution >= 0.6 is 109 Å². The van der Waals surface area contributed by atoms with Crippen LogP contribution in [0.4, 0.5) is 0 Å². The summed E-state index contributed by atoms with van der Waals surface area (Å²) in [7, 11) is 0. The van der Waals surface area contributed by atoms with Crippen LogP contribution in [0.25, 0.3) is 0 Å². The number of Topliss-reactive ketones (excluding diaryl/α,β-unsaturated/α-hetero) is 1. The van der Waals surface area contributed by atoms with E-state index in [4.69, 9.17) is 4.74 Å². The van der Waals surface area contributed by atoms with Crippen molar-refractivity contribution >= 4 is 121 Å². The van der Waals surface area contributed by atoms with Gasteiger partial charge in [-0.15, -0.1) is 0 Å². The Morgan fingerprint density at radius 1 is 0.684 bits per heavy atom. The smallest absolute Gasteiger partial charge is 0.315 e. The number of benzene rings is 4. The Morgan fingerprint density at radius 2 is 1.21 bits per heavy atom. The molecular weight excluding hydrogens is 974 g/mol. The van der Waals surface area contributed by atoms with Gasteiger partial charge in [0.15, 0.2) is 5.78 Å². The molecular formula is C28H18Br4I2O4. The van der Waals surface area contributed by atoms with Crippen molar-refractivity contribution in [3.05, 3.63) is 121 Å². The molecule has 38 heavy (non-hydrogen) atoms. The Labute approximate surface area is 281 Å². The van der Waals surface area contributed by atoms with Crippen LogP contribution in [0.3, 0.4) is 0 Å². The first-order valence-corrected chi connectivity index (χ1v) is 16.2. The molecule has 4 nitrogen and oxygen atoms in total. The molecule has 0 bridgehead atoms.